The molecule has 0 aliphatic carbocycles. The third-order valence-corrected chi connectivity index (χ3v) is 4.71. The van der Waals surface area contributed by atoms with Crippen LogP contribution < -0.4 is 0 Å². The third-order valence-electron chi connectivity index (χ3n) is 4.40. The number of hydrogen-bond acceptors (Lipinski definition) is 3. The summed E-state index contributed by atoms with van der Waals surface area (Å²) in [4.78, 5) is 25.5. The molecule has 9 heteroatoms. The molecular formula is C16H14ClF2N5O. The number of fused-ring (bicyclic) bond motifs is 2. The highest BCUT2D eigenvalue weighted by Gasteiger charge is 2.32. The quantitative estimate of drug-likeness (QED) is 0.757. The number of aromatic nitrogens is 4. The molecule has 130 valence electrons. The van der Waals surface area contributed by atoms with Gasteiger partial charge in [0.25, 0.3) is 12.3 Å². The van der Waals surface area contributed by atoms with E-state index in [9.17, 15) is 13.6 Å². The lowest BCUT2D eigenvalue weighted by Crippen LogP contribution is -2.45. The van der Waals surface area contributed by atoms with E-state index in [2.05, 4.69) is 15.0 Å². The van der Waals surface area contributed by atoms with E-state index in [-0.39, 0.29) is 36.7 Å². The van der Waals surface area contributed by atoms with Crippen LogP contribution >= 0.6 is 11.6 Å². The van der Waals surface area contributed by atoms with Gasteiger partial charge in [-0.1, -0.05) is 17.7 Å². The van der Waals surface area contributed by atoms with Crippen LogP contribution in [0.4, 0.5) is 8.78 Å². The molecule has 0 unspecified atom stereocenters. The van der Waals surface area contributed by atoms with Crippen molar-refractivity contribution in [3.63, 3.8) is 0 Å². The molecule has 0 bridgehead atoms. The number of carbonyl (C=O) groups excluding carboxylic acids is 1. The van der Waals surface area contributed by atoms with Gasteiger partial charge in [-0.25, -0.2) is 18.7 Å². The second-order valence-corrected chi connectivity index (χ2v) is 6.43. The van der Waals surface area contributed by atoms with E-state index in [1.54, 1.807) is 23.1 Å². The first-order valence-electron chi connectivity index (χ1n) is 7.73. The van der Waals surface area contributed by atoms with E-state index in [4.69, 9.17) is 11.6 Å². The fourth-order valence-corrected chi connectivity index (χ4v) is 3.35. The van der Waals surface area contributed by atoms with Crippen molar-refractivity contribution >= 4 is 28.5 Å². The molecule has 1 amide bonds. The molecule has 0 fully saturated rings. The minimum Gasteiger partial charge on any atom is -0.334 e. The first-order chi connectivity index (χ1) is 12.0. The Hall–Kier alpha value is -2.48. The summed E-state index contributed by atoms with van der Waals surface area (Å²) in [5.41, 5.74) is 1.78. The van der Waals surface area contributed by atoms with Gasteiger partial charge >= 0.3 is 0 Å². The number of benzene rings is 1. The molecule has 1 N–H and O–H groups in total. The van der Waals surface area contributed by atoms with Crippen LogP contribution in [-0.2, 0) is 13.1 Å². The largest absolute Gasteiger partial charge is 0.334 e. The minimum atomic E-state index is -2.64. The summed E-state index contributed by atoms with van der Waals surface area (Å²) >= 11 is 6.10. The molecule has 1 aliphatic heterocycles. The Labute approximate surface area is 146 Å². The first kappa shape index (κ1) is 16.0. The van der Waals surface area contributed by atoms with Crippen molar-refractivity contribution in [2.45, 2.75) is 32.5 Å². The number of nitrogens with zero attached hydrogens (tertiary/aromatic N) is 4. The zero-order valence-corrected chi connectivity index (χ0v) is 14.0. The molecule has 1 aromatic carbocycles. The lowest BCUT2D eigenvalue weighted by Gasteiger charge is -2.34. The van der Waals surface area contributed by atoms with Crippen molar-refractivity contribution in [2.75, 3.05) is 0 Å². The minimum absolute atomic E-state index is 0.178. The van der Waals surface area contributed by atoms with Crippen LogP contribution in [0.1, 0.15) is 35.5 Å². The Morgan fingerprint density at radius 1 is 1.44 bits per heavy atom. The molecule has 2 aromatic heterocycles. The van der Waals surface area contributed by atoms with Gasteiger partial charge in [-0.05, 0) is 19.1 Å². The fourth-order valence-electron chi connectivity index (χ4n) is 3.14. The highest BCUT2D eigenvalue weighted by Crippen LogP contribution is 2.27. The topological polar surface area (TPSA) is 66.8 Å². The van der Waals surface area contributed by atoms with Crippen LogP contribution in [-0.4, -0.2) is 36.4 Å². The smallest absolute Gasteiger partial charge is 0.295 e. The molecular weight excluding hydrogens is 352 g/mol. The summed E-state index contributed by atoms with van der Waals surface area (Å²) in [6.07, 6.45) is -1.25. The van der Waals surface area contributed by atoms with Crippen LogP contribution in [0.2, 0.25) is 5.02 Å². The molecule has 0 radical (unpaired) electrons. The average Bonchev–Trinajstić information content (AvgIpc) is 3.18. The van der Waals surface area contributed by atoms with Gasteiger partial charge < -0.3 is 14.5 Å². The summed E-state index contributed by atoms with van der Waals surface area (Å²) < 4.78 is 27.5. The zero-order valence-electron chi connectivity index (χ0n) is 13.2. The van der Waals surface area contributed by atoms with Crippen LogP contribution in [0, 0.1) is 0 Å². The maximum atomic E-state index is 13.0. The number of rotatable bonds is 2. The molecule has 1 atom stereocenters. The van der Waals surface area contributed by atoms with Gasteiger partial charge in [-0.2, -0.15) is 0 Å². The zero-order chi connectivity index (χ0) is 17.7. The second-order valence-electron chi connectivity index (χ2n) is 6.02. The Kier molecular flexibility index (Phi) is 3.72. The summed E-state index contributed by atoms with van der Waals surface area (Å²) in [5.74, 6) is -0.382. The monoisotopic (exact) mass is 365 g/mol. The van der Waals surface area contributed by atoms with Crippen molar-refractivity contribution in [3.8, 4) is 0 Å². The SMILES string of the molecule is C[C@H]1Cn2c(cnc2C(F)F)CN1C(=O)c1nc2c(Cl)cccc2[nH]1. The van der Waals surface area contributed by atoms with Gasteiger partial charge in [0.05, 0.1) is 29.0 Å². The van der Waals surface area contributed by atoms with Gasteiger partial charge in [0, 0.05) is 12.6 Å². The van der Waals surface area contributed by atoms with Gasteiger partial charge in [-0.15, -0.1) is 0 Å². The predicted molar refractivity (Wildman–Crippen MR) is 87.6 cm³/mol. The normalized spacial score (nSPS) is 17.3. The van der Waals surface area contributed by atoms with Gasteiger partial charge in [0.15, 0.2) is 11.6 Å². The van der Waals surface area contributed by atoms with E-state index < -0.39 is 6.43 Å². The number of hydrogen-bond donors (Lipinski definition) is 1. The van der Waals surface area contributed by atoms with Gasteiger partial charge in [-0.3, -0.25) is 4.79 Å². The highest BCUT2D eigenvalue weighted by molar-refractivity contribution is 6.35. The molecule has 0 saturated heterocycles. The number of alkyl halides is 2. The summed E-state index contributed by atoms with van der Waals surface area (Å²) in [7, 11) is 0. The third kappa shape index (κ3) is 2.57. The van der Waals surface area contributed by atoms with Crippen LogP contribution in [0.5, 0.6) is 0 Å². The number of carbonyl (C=O) groups is 1. The van der Waals surface area contributed by atoms with Gasteiger partial charge in [0.2, 0.25) is 0 Å². The molecule has 3 aromatic rings. The summed E-state index contributed by atoms with van der Waals surface area (Å²) in [6.45, 7) is 2.28. The van der Waals surface area contributed by atoms with Crippen molar-refractivity contribution in [3.05, 3.63) is 46.8 Å². The Morgan fingerprint density at radius 3 is 2.96 bits per heavy atom. The highest BCUT2D eigenvalue weighted by atomic mass is 35.5. The van der Waals surface area contributed by atoms with E-state index >= 15 is 0 Å². The van der Waals surface area contributed by atoms with Crippen LogP contribution in [0.3, 0.4) is 0 Å². The first-order valence-corrected chi connectivity index (χ1v) is 8.11. The van der Waals surface area contributed by atoms with Gasteiger partial charge in [0.1, 0.15) is 5.52 Å². The Morgan fingerprint density at radius 2 is 2.24 bits per heavy atom. The molecule has 0 saturated carbocycles. The van der Waals surface area contributed by atoms with Crippen molar-refractivity contribution in [1.82, 2.24) is 24.4 Å². The van der Waals surface area contributed by atoms with Crippen LogP contribution in [0.25, 0.3) is 11.0 Å². The maximum absolute atomic E-state index is 13.0. The summed E-state index contributed by atoms with van der Waals surface area (Å²) in [6, 6.07) is 4.99. The number of nitrogens with one attached hydrogen (secondary N) is 1. The predicted octanol–water partition coefficient (Wildman–Crippen LogP) is 3.39. The number of imidazole rings is 2. The lowest BCUT2D eigenvalue weighted by molar-refractivity contribution is 0.0590. The van der Waals surface area contributed by atoms with Crippen molar-refractivity contribution < 1.29 is 13.6 Å². The number of halogens is 3. The van der Waals surface area contributed by atoms with E-state index in [1.165, 1.54) is 10.8 Å². The molecule has 0 spiro atoms. The van der Waals surface area contributed by atoms with E-state index in [0.717, 1.165) is 0 Å². The number of amides is 1. The average molecular weight is 366 g/mol. The lowest BCUT2D eigenvalue weighted by atomic mass is 10.2. The van der Waals surface area contributed by atoms with E-state index in [0.29, 0.717) is 21.7 Å². The van der Waals surface area contributed by atoms with Crippen molar-refractivity contribution in [2.24, 2.45) is 0 Å². The summed E-state index contributed by atoms with van der Waals surface area (Å²) in [5, 5.41) is 0.458. The molecule has 25 heavy (non-hydrogen) atoms. The van der Waals surface area contributed by atoms with E-state index in [1.807, 2.05) is 6.92 Å². The molecule has 3 heterocycles. The fraction of sp³-hybridized carbons (Fsp3) is 0.312. The molecule has 4 rings (SSSR count). The Balaban J connectivity index is 1.66. The molecule has 1 aliphatic rings. The number of para-hydroxylation sites is 1. The standard InChI is InChI=1S/C16H14ClF2N5O/c1-8-6-24-9(5-20-15(24)13(18)19)7-23(8)16(25)14-21-11-4-2-3-10(17)12(11)22-14/h2-5,8,13H,6-7H2,1H3,(H,21,22)/t8-/m0/s1. The number of H-pyrrole nitrogens is 1. The number of aromatic amines is 1. The second kappa shape index (κ2) is 5.80. The van der Waals surface area contributed by atoms with Crippen molar-refractivity contribution in [1.29, 1.82) is 0 Å². The van der Waals surface area contributed by atoms with Crippen LogP contribution in [0.15, 0.2) is 24.4 Å². The Bertz CT molecular complexity index is 967. The maximum Gasteiger partial charge on any atom is 0.295 e. The molecule has 6 nitrogen and oxygen atoms in total.